The normalized spacial score (nSPS) is 16.6. The second kappa shape index (κ2) is 8.86. The number of benzene rings is 2. The summed E-state index contributed by atoms with van der Waals surface area (Å²) in [6.45, 7) is 2.07. The Morgan fingerprint density at radius 3 is 2.67 bits per heavy atom. The average Bonchev–Trinajstić information content (AvgIpc) is 2.96. The minimum atomic E-state index is -0.422. The first kappa shape index (κ1) is 19.2. The van der Waals surface area contributed by atoms with Crippen LogP contribution in [0, 0.1) is 0 Å². The van der Waals surface area contributed by atoms with Gasteiger partial charge in [-0.1, -0.05) is 37.3 Å². The number of carbonyl (C=O) groups excluding carboxylic acids is 3. The molecule has 1 saturated heterocycles. The molecule has 1 aliphatic rings. The maximum Gasteiger partial charge on any atom is 0.247 e. The van der Waals surface area contributed by atoms with Crippen molar-refractivity contribution in [1.29, 1.82) is 0 Å². The molecule has 0 spiro atoms. The summed E-state index contributed by atoms with van der Waals surface area (Å²) in [4.78, 5) is 38.1. The van der Waals surface area contributed by atoms with Crippen LogP contribution in [0.15, 0.2) is 54.6 Å². The Kier molecular flexibility index (Phi) is 6.29. The van der Waals surface area contributed by atoms with Crippen molar-refractivity contribution in [3.8, 4) is 0 Å². The van der Waals surface area contributed by atoms with E-state index in [0.717, 1.165) is 12.1 Å². The minimum absolute atomic E-state index is 0.0903. The highest BCUT2D eigenvalue weighted by Gasteiger charge is 2.39. The predicted octanol–water partition coefficient (Wildman–Crippen LogP) is 3.64. The van der Waals surface area contributed by atoms with Crippen LogP contribution in [-0.2, 0) is 20.8 Å². The summed E-state index contributed by atoms with van der Waals surface area (Å²) in [6.07, 6.45) is 1.39. The Morgan fingerprint density at radius 2 is 1.93 bits per heavy atom. The minimum Gasteiger partial charge on any atom is -0.326 e. The lowest BCUT2D eigenvalue weighted by atomic mass is 10.1. The summed E-state index contributed by atoms with van der Waals surface area (Å²) in [6, 6.07) is 16.7. The van der Waals surface area contributed by atoms with Gasteiger partial charge in [0.15, 0.2) is 0 Å². The third kappa shape index (κ3) is 4.77. The van der Waals surface area contributed by atoms with Gasteiger partial charge in [0, 0.05) is 24.3 Å². The van der Waals surface area contributed by atoms with Crippen LogP contribution in [-0.4, -0.2) is 28.7 Å². The van der Waals surface area contributed by atoms with Gasteiger partial charge in [0.1, 0.15) is 0 Å². The van der Waals surface area contributed by atoms with Crippen molar-refractivity contribution < 1.29 is 14.4 Å². The average molecular weight is 382 g/mol. The number of para-hydroxylation sites is 1. The van der Waals surface area contributed by atoms with Crippen LogP contribution >= 0.6 is 11.8 Å². The van der Waals surface area contributed by atoms with Crippen molar-refractivity contribution in [3.63, 3.8) is 0 Å². The van der Waals surface area contributed by atoms with Gasteiger partial charge in [-0.25, -0.2) is 4.90 Å². The Balaban J connectivity index is 1.49. The summed E-state index contributed by atoms with van der Waals surface area (Å²) >= 11 is 1.37. The first-order valence-electron chi connectivity index (χ1n) is 9.00. The molecule has 0 aliphatic carbocycles. The quantitative estimate of drug-likeness (QED) is 0.743. The fourth-order valence-electron chi connectivity index (χ4n) is 2.97. The van der Waals surface area contributed by atoms with Gasteiger partial charge in [-0.05, 0) is 36.2 Å². The molecule has 1 atom stereocenters. The number of hydrogen-bond donors (Lipinski definition) is 1. The number of amides is 3. The summed E-state index contributed by atoms with van der Waals surface area (Å²) in [5, 5.41) is 2.46. The smallest absolute Gasteiger partial charge is 0.247 e. The van der Waals surface area contributed by atoms with Gasteiger partial charge < -0.3 is 5.32 Å². The Hall–Kier alpha value is -2.60. The molecule has 6 heteroatoms. The van der Waals surface area contributed by atoms with E-state index < -0.39 is 5.25 Å². The molecule has 2 aromatic carbocycles. The molecule has 140 valence electrons. The van der Waals surface area contributed by atoms with Gasteiger partial charge >= 0.3 is 0 Å². The number of hydrogen-bond acceptors (Lipinski definition) is 4. The van der Waals surface area contributed by atoms with Crippen molar-refractivity contribution in [3.05, 3.63) is 60.2 Å². The van der Waals surface area contributed by atoms with E-state index in [4.69, 9.17) is 0 Å². The topological polar surface area (TPSA) is 66.5 Å². The number of imide groups is 1. The monoisotopic (exact) mass is 382 g/mol. The van der Waals surface area contributed by atoms with Crippen molar-refractivity contribution in [2.24, 2.45) is 0 Å². The Morgan fingerprint density at radius 1 is 1.15 bits per heavy atom. The van der Waals surface area contributed by atoms with Gasteiger partial charge in [-0.2, -0.15) is 0 Å². The Labute approximate surface area is 163 Å². The van der Waals surface area contributed by atoms with E-state index in [-0.39, 0.29) is 24.1 Å². The number of carbonyl (C=O) groups is 3. The van der Waals surface area contributed by atoms with Crippen LogP contribution in [0.2, 0.25) is 0 Å². The predicted molar refractivity (Wildman–Crippen MR) is 109 cm³/mol. The highest BCUT2D eigenvalue weighted by atomic mass is 32.2. The fourth-order valence-corrected chi connectivity index (χ4v) is 4.07. The Bertz CT molecular complexity index is 838. The summed E-state index contributed by atoms with van der Waals surface area (Å²) in [7, 11) is 0. The van der Waals surface area contributed by atoms with E-state index in [2.05, 4.69) is 12.2 Å². The van der Waals surface area contributed by atoms with Gasteiger partial charge in [-0.15, -0.1) is 11.8 Å². The number of anilines is 2. The second-order valence-corrected chi connectivity index (χ2v) is 7.63. The van der Waals surface area contributed by atoms with E-state index in [1.54, 1.807) is 24.3 Å². The van der Waals surface area contributed by atoms with E-state index in [1.165, 1.54) is 22.2 Å². The number of rotatable bonds is 7. The zero-order valence-corrected chi connectivity index (χ0v) is 16.0. The van der Waals surface area contributed by atoms with Gasteiger partial charge in [0.25, 0.3) is 0 Å². The molecule has 0 saturated carbocycles. The lowest BCUT2D eigenvalue weighted by Gasteiger charge is -2.14. The van der Waals surface area contributed by atoms with Gasteiger partial charge in [0.05, 0.1) is 10.9 Å². The molecule has 5 nitrogen and oxygen atoms in total. The molecule has 0 bridgehead atoms. The summed E-state index contributed by atoms with van der Waals surface area (Å²) < 4.78 is 0. The van der Waals surface area contributed by atoms with E-state index in [9.17, 15) is 14.4 Å². The molecule has 0 radical (unpaired) electrons. The molecule has 1 heterocycles. The molecule has 27 heavy (non-hydrogen) atoms. The SMILES string of the molecule is CCc1cccc(NC(=O)CCS[C@H]2CC(=O)N(c3ccccc3)C2=O)c1. The first-order valence-corrected chi connectivity index (χ1v) is 10.1. The molecular weight excluding hydrogens is 360 g/mol. The van der Waals surface area contributed by atoms with Crippen molar-refractivity contribution in [2.45, 2.75) is 31.4 Å². The van der Waals surface area contributed by atoms with E-state index in [1.807, 2.05) is 30.3 Å². The molecule has 0 unspecified atom stereocenters. The van der Waals surface area contributed by atoms with Crippen LogP contribution < -0.4 is 10.2 Å². The maximum absolute atomic E-state index is 12.5. The standard InChI is InChI=1S/C21H22N2O3S/c1-2-15-7-6-8-16(13-15)22-19(24)11-12-27-18-14-20(25)23(21(18)26)17-9-4-3-5-10-17/h3-10,13,18H,2,11-12,14H2,1H3,(H,22,24)/t18-/m0/s1. The molecule has 3 rings (SSSR count). The highest BCUT2D eigenvalue weighted by molar-refractivity contribution is 8.00. The van der Waals surface area contributed by atoms with E-state index >= 15 is 0 Å². The summed E-state index contributed by atoms with van der Waals surface area (Å²) in [5.41, 5.74) is 2.55. The van der Waals surface area contributed by atoms with Crippen molar-refractivity contribution in [1.82, 2.24) is 0 Å². The van der Waals surface area contributed by atoms with Crippen LogP contribution in [0.1, 0.15) is 25.3 Å². The lowest BCUT2D eigenvalue weighted by molar-refractivity contribution is -0.121. The molecular formula is C21H22N2O3S. The third-order valence-electron chi connectivity index (χ3n) is 4.39. The molecule has 2 aromatic rings. The maximum atomic E-state index is 12.5. The number of aryl methyl sites for hydroxylation is 1. The highest BCUT2D eigenvalue weighted by Crippen LogP contribution is 2.29. The van der Waals surface area contributed by atoms with Crippen LogP contribution in [0.25, 0.3) is 0 Å². The van der Waals surface area contributed by atoms with Crippen LogP contribution in [0.3, 0.4) is 0 Å². The lowest BCUT2D eigenvalue weighted by Crippen LogP contribution is -2.31. The first-order chi connectivity index (χ1) is 13.1. The number of nitrogens with one attached hydrogen (secondary N) is 1. The molecule has 0 aromatic heterocycles. The zero-order valence-electron chi connectivity index (χ0n) is 15.2. The van der Waals surface area contributed by atoms with E-state index in [0.29, 0.717) is 17.9 Å². The second-order valence-electron chi connectivity index (χ2n) is 6.32. The third-order valence-corrected chi connectivity index (χ3v) is 5.60. The van der Waals surface area contributed by atoms with Gasteiger partial charge in [-0.3, -0.25) is 14.4 Å². The van der Waals surface area contributed by atoms with Crippen molar-refractivity contribution >= 4 is 40.9 Å². The number of thioether (sulfide) groups is 1. The van der Waals surface area contributed by atoms with Crippen molar-refractivity contribution in [2.75, 3.05) is 16.0 Å². The number of nitrogens with zero attached hydrogens (tertiary/aromatic N) is 1. The van der Waals surface area contributed by atoms with Crippen LogP contribution in [0.5, 0.6) is 0 Å². The largest absolute Gasteiger partial charge is 0.326 e. The molecule has 3 amide bonds. The zero-order chi connectivity index (χ0) is 19.2. The molecule has 1 aliphatic heterocycles. The van der Waals surface area contributed by atoms with Crippen LogP contribution in [0.4, 0.5) is 11.4 Å². The fraction of sp³-hybridized carbons (Fsp3) is 0.286. The molecule has 1 N–H and O–H groups in total. The summed E-state index contributed by atoms with van der Waals surface area (Å²) in [5.74, 6) is 0.00949. The molecule has 1 fully saturated rings. The van der Waals surface area contributed by atoms with Gasteiger partial charge in [0.2, 0.25) is 17.7 Å².